The van der Waals surface area contributed by atoms with Crippen LogP contribution >= 0.6 is 11.6 Å². The summed E-state index contributed by atoms with van der Waals surface area (Å²) in [4.78, 5) is 19.9. The first-order valence-electron chi connectivity index (χ1n) is 6.14. The van der Waals surface area contributed by atoms with Gasteiger partial charge >= 0.3 is 0 Å². The summed E-state index contributed by atoms with van der Waals surface area (Å²) in [5.74, 6) is 0.880. The third kappa shape index (κ3) is 2.72. The van der Waals surface area contributed by atoms with E-state index in [-0.39, 0.29) is 17.9 Å². The van der Waals surface area contributed by atoms with E-state index >= 15 is 0 Å². The molecule has 2 rings (SSSR count). The van der Waals surface area contributed by atoms with Gasteiger partial charge < -0.3 is 10.6 Å². The van der Waals surface area contributed by atoms with Crippen LogP contribution in [0.5, 0.6) is 0 Å². The van der Waals surface area contributed by atoms with Crippen molar-refractivity contribution >= 4 is 23.3 Å². The molecule has 0 aliphatic carbocycles. The van der Waals surface area contributed by atoms with E-state index in [1.165, 1.54) is 6.33 Å². The van der Waals surface area contributed by atoms with Gasteiger partial charge in [-0.05, 0) is 18.8 Å². The van der Waals surface area contributed by atoms with Crippen molar-refractivity contribution in [3.05, 3.63) is 17.0 Å². The zero-order valence-corrected chi connectivity index (χ0v) is 11.3. The molecule has 0 aromatic carbocycles. The maximum Gasteiger partial charge on any atom is 0.242 e. The second-order valence-corrected chi connectivity index (χ2v) is 5.07. The number of amides is 1. The van der Waals surface area contributed by atoms with Crippen LogP contribution in [0.15, 0.2) is 6.33 Å². The van der Waals surface area contributed by atoms with Gasteiger partial charge in [0, 0.05) is 12.1 Å². The normalized spacial score (nSPS) is 19.8. The van der Waals surface area contributed by atoms with Gasteiger partial charge in [0.15, 0.2) is 0 Å². The Kier molecular flexibility index (Phi) is 4.01. The molecule has 1 aliphatic rings. The third-order valence-electron chi connectivity index (χ3n) is 3.01. The summed E-state index contributed by atoms with van der Waals surface area (Å²) in [6.07, 6.45) is 3.20. The fraction of sp³-hybridized carbons (Fsp3) is 0.583. The molecule has 1 aliphatic heterocycles. The molecule has 0 saturated carbocycles. The van der Waals surface area contributed by atoms with Gasteiger partial charge in [-0.3, -0.25) is 4.79 Å². The smallest absolute Gasteiger partial charge is 0.242 e. The summed E-state index contributed by atoms with van der Waals surface area (Å²) in [5, 5.41) is 6.45. The van der Waals surface area contributed by atoms with Crippen LogP contribution in [-0.4, -0.2) is 28.5 Å². The van der Waals surface area contributed by atoms with Crippen molar-refractivity contribution in [2.45, 2.75) is 38.6 Å². The van der Waals surface area contributed by atoms with Gasteiger partial charge in [-0.1, -0.05) is 25.4 Å². The number of anilines is 1. The molecule has 6 heteroatoms. The number of nitrogens with one attached hydrogen (secondary N) is 2. The van der Waals surface area contributed by atoms with Gasteiger partial charge in [-0.25, -0.2) is 9.97 Å². The van der Waals surface area contributed by atoms with Crippen LogP contribution in [0.25, 0.3) is 0 Å². The Bertz CT molecular complexity index is 450. The predicted octanol–water partition coefficient (Wildman–Crippen LogP) is 1.94. The van der Waals surface area contributed by atoms with Gasteiger partial charge in [0.05, 0.1) is 0 Å². The molecule has 5 nitrogen and oxygen atoms in total. The summed E-state index contributed by atoms with van der Waals surface area (Å²) in [7, 11) is 0. The Hall–Kier alpha value is -1.36. The fourth-order valence-corrected chi connectivity index (χ4v) is 2.43. The summed E-state index contributed by atoms with van der Waals surface area (Å²) in [6.45, 7) is 4.80. The molecular formula is C12H17ClN4O. The minimum Gasteiger partial charge on any atom is -0.358 e. The zero-order valence-electron chi connectivity index (χ0n) is 10.5. The molecule has 1 saturated heterocycles. The number of carbonyl (C=O) groups is 1. The van der Waals surface area contributed by atoms with Crippen LogP contribution in [0.1, 0.15) is 38.2 Å². The van der Waals surface area contributed by atoms with Gasteiger partial charge in [-0.2, -0.15) is 0 Å². The highest BCUT2D eigenvalue weighted by Crippen LogP contribution is 2.28. The molecule has 0 spiro atoms. The molecule has 0 radical (unpaired) electrons. The number of carbonyl (C=O) groups excluding carboxylic acids is 1. The van der Waals surface area contributed by atoms with Crippen molar-refractivity contribution in [1.29, 1.82) is 0 Å². The number of piperidine rings is 1. The van der Waals surface area contributed by atoms with E-state index in [0.717, 1.165) is 24.9 Å². The second-order valence-electron chi connectivity index (χ2n) is 4.71. The fourth-order valence-electron chi connectivity index (χ4n) is 2.08. The van der Waals surface area contributed by atoms with Crippen LogP contribution in [0.4, 0.5) is 5.82 Å². The Balaban J connectivity index is 2.23. The lowest BCUT2D eigenvalue weighted by molar-refractivity contribution is -0.123. The quantitative estimate of drug-likeness (QED) is 0.823. The highest BCUT2D eigenvalue weighted by Gasteiger charge is 2.24. The van der Waals surface area contributed by atoms with Crippen molar-refractivity contribution in [2.24, 2.45) is 0 Å². The molecule has 18 heavy (non-hydrogen) atoms. The van der Waals surface area contributed by atoms with Crippen molar-refractivity contribution < 1.29 is 4.79 Å². The highest BCUT2D eigenvalue weighted by atomic mass is 35.5. The van der Waals surface area contributed by atoms with Crippen molar-refractivity contribution in [2.75, 3.05) is 11.9 Å². The van der Waals surface area contributed by atoms with Crippen LogP contribution < -0.4 is 10.6 Å². The van der Waals surface area contributed by atoms with Gasteiger partial charge in [0.25, 0.3) is 0 Å². The lowest BCUT2D eigenvalue weighted by Crippen LogP contribution is -2.44. The number of hydrogen-bond donors (Lipinski definition) is 2. The maximum atomic E-state index is 11.7. The molecule has 2 N–H and O–H groups in total. The first-order chi connectivity index (χ1) is 8.59. The summed E-state index contributed by atoms with van der Waals surface area (Å²) < 4.78 is 0. The van der Waals surface area contributed by atoms with Gasteiger partial charge in [-0.15, -0.1) is 0 Å². The Morgan fingerprint density at radius 2 is 2.28 bits per heavy atom. The molecule has 2 heterocycles. The molecule has 1 aromatic rings. The number of rotatable bonds is 3. The maximum absolute atomic E-state index is 11.7. The molecule has 1 amide bonds. The standard InChI is InChI=1S/C12H17ClN4O/c1-7(2)9-10(13)15-6-16-11(9)17-8-4-3-5-14-12(8)18/h6-8H,3-5H2,1-2H3,(H,14,18)(H,15,16,17). The van der Waals surface area contributed by atoms with Crippen LogP contribution in [0.2, 0.25) is 5.15 Å². The molecule has 1 aromatic heterocycles. The molecule has 1 atom stereocenters. The summed E-state index contributed by atoms with van der Waals surface area (Å²) in [6, 6.07) is -0.234. The number of hydrogen-bond acceptors (Lipinski definition) is 4. The SMILES string of the molecule is CC(C)c1c(Cl)ncnc1NC1CCCNC1=O. The Morgan fingerprint density at radius 1 is 1.50 bits per heavy atom. The van der Waals surface area contributed by atoms with E-state index in [9.17, 15) is 4.79 Å². The van der Waals surface area contributed by atoms with Crippen molar-refractivity contribution in [3.63, 3.8) is 0 Å². The topological polar surface area (TPSA) is 66.9 Å². The van der Waals surface area contributed by atoms with Crippen molar-refractivity contribution in [3.8, 4) is 0 Å². The zero-order chi connectivity index (χ0) is 13.1. The summed E-state index contributed by atoms with van der Waals surface area (Å²) in [5.41, 5.74) is 0.859. The van der Waals surface area contributed by atoms with E-state index < -0.39 is 0 Å². The largest absolute Gasteiger partial charge is 0.358 e. The minimum absolute atomic E-state index is 0.0192. The average molecular weight is 269 g/mol. The summed E-state index contributed by atoms with van der Waals surface area (Å²) >= 11 is 6.09. The average Bonchev–Trinajstić information content (AvgIpc) is 2.31. The molecular weight excluding hydrogens is 252 g/mol. The van der Waals surface area contributed by atoms with E-state index in [2.05, 4.69) is 20.6 Å². The Morgan fingerprint density at radius 3 is 2.94 bits per heavy atom. The van der Waals surface area contributed by atoms with Gasteiger partial charge in [0.1, 0.15) is 23.3 Å². The molecule has 1 fully saturated rings. The number of aromatic nitrogens is 2. The number of nitrogens with zero attached hydrogens (tertiary/aromatic N) is 2. The second kappa shape index (κ2) is 5.52. The van der Waals surface area contributed by atoms with Gasteiger partial charge in [0.2, 0.25) is 5.91 Å². The lowest BCUT2D eigenvalue weighted by Gasteiger charge is -2.24. The van der Waals surface area contributed by atoms with E-state index in [0.29, 0.717) is 11.0 Å². The molecule has 1 unspecified atom stereocenters. The minimum atomic E-state index is -0.234. The predicted molar refractivity (Wildman–Crippen MR) is 70.8 cm³/mol. The van der Waals surface area contributed by atoms with Crippen LogP contribution in [0, 0.1) is 0 Å². The van der Waals surface area contributed by atoms with E-state index in [1.54, 1.807) is 0 Å². The first kappa shape index (κ1) is 13.1. The third-order valence-corrected chi connectivity index (χ3v) is 3.31. The van der Waals surface area contributed by atoms with Crippen LogP contribution in [0.3, 0.4) is 0 Å². The monoisotopic (exact) mass is 268 g/mol. The van der Waals surface area contributed by atoms with Crippen LogP contribution in [-0.2, 0) is 4.79 Å². The molecule has 0 bridgehead atoms. The van der Waals surface area contributed by atoms with E-state index in [1.807, 2.05) is 13.8 Å². The Labute approximate surface area is 111 Å². The van der Waals surface area contributed by atoms with E-state index in [4.69, 9.17) is 11.6 Å². The lowest BCUT2D eigenvalue weighted by atomic mass is 10.0. The first-order valence-corrected chi connectivity index (χ1v) is 6.52. The highest BCUT2D eigenvalue weighted by molar-refractivity contribution is 6.30. The molecule has 98 valence electrons. The number of halogens is 1. The van der Waals surface area contributed by atoms with Crippen molar-refractivity contribution in [1.82, 2.24) is 15.3 Å².